The molecule has 0 aromatic heterocycles. The van der Waals surface area contributed by atoms with Gasteiger partial charge in [-0.15, -0.1) is 11.8 Å². The zero-order valence-corrected chi connectivity index (χ0v) is 11.9. The lowest BCUT2D eigenvalue weighted by Gasteiger charge is -2.22. The number of hydrogen-bond acceptors (Lipinski definition) is 2. The lowest BCUT2D eigenvalue weighted by molar-refractivity contribution is 0.627. The first kappa shape index (κ1) is 13.9. The number of nitrogens with zero attached hydrogens (tertiary/aromatic N) is 1. The first-order valence-corrected chi connectivity index (χ1v) is 7.46. The van der Waals surface area contributed by atoms with Crippen molar-refractivity contribution in [2.75, 3.05) is 23.7 Å². The molecule has 0 aliphatic rings. The summed E-state index contributed by atoms with van der Waals surface area (Å²) >= 11 is 1.83. The molecule has 0 heterocycles. The molecule has 0 radical (unpaired) electrons. The Hall–Kier alpha value is -1.48. The van der Waals surface area contributed by atoms with E-state index < -0.39 is 0 Å². The van der Waals surface area contributed by atoms with Crippen molar-refractivity contribution in [3.8, 4) is 0 Å². The van der Waals surface area contributed by atoms with E-state index in [4.69, 9.17) is 0 Å². The summed E-state index contributed by atoms with van der Waals surface area (Å²) < 4.78 is 13.2. The zero-order valence-electron chi connectivity index (χ0n) is 11.1. The summed E-state index contributed by atoms with van der Waals surface area (Å²) in [6, 6.07) is 17.1. The number of hydrogen-bond donors (Lipinski definition) is 0. The summed E-state index contributed by atoms with van der Waals surface area (Å²) in [6.07, 6.45) is 0. The third kappa shape index (κ3) is 4.28. The largest absolute Gasteiger partial charge is 0.371 e. The maximum atomic E-state index is 13.2. The van der Waals surface area contributed by atoms with E-state index in [0.29, 0.717) is 0 Å². The Labute approximate surface area is 118 Å². The van der Waals surface area contributed by atoms with Gasteiger partial charge in [-0.1, -0.05) is 24.3 Å². The van der Waals surface area contributed by atoms with Crippen LogP contribution in [0.4, 0.5) is 10.1 Å². The third-order valence-electron chi connectivity index (χ3n) is 2.93. The second-order valence-corrected chi connectivity index (χ2v) is 5.39. The third-order valence-corrected chi connectivity index (χ3v) is 3.92. The van der Waals surface area contributed by atoms with Gasteiger partial charge >= 0.3 is 0 Å². The second kappa shape index (κ2) is 7.19. The molecule has 0 N–H and O–H groups in total. The maximum Gasteiger partial charge on any atom is 0.125 e. The van der Waals surface area contributed by atoms with Gasteiger partial charge in [0.25, 0.3) is 0 Å². The highest BCUT2D eigenvalue weighted by Gasteiger charge is 2.05. The van der Waals surface area contributed by atoms with Crippen molar-refractivity contribution in [3.05, 3.63) is 60.4 Å². The first-order valence-electron chi connectivity index (χ1n) is 6.48. The fraction of sp³-hybridized carbons (Fsp3) is 0.250. The van der Waals surface area contributed by atoms with E-state index in [-0.39, 0.29) is 5.82 Å². The summed E-state index contributed by atoms with van der Waals surface area (Å²) in [5, 5.41) is 0. The van der Waals surface area contributed by atoms with Crippen molar-refractivity contribution >= 4 is 17.4 Å². The van der Waals surface area contributed by atoms with Crippen LogP contribution in [0, 0.1) is 5.82 Å². The molecule has 19 heavy (non-hydrogen) atoms. The van der Waals surface area contributed by atoms with E-state index in [9.17, 15) is 4.39 Å². The van der Waals surface area contributed by atoms with Crippen LogP contribution in [0.5, 0.6) is 0 Å². The Balaban J connectivity index is 1.89. The van der Waals surface area contributed by atoms with Crippen molar-refractivity contribution in [3.63, 3.8) is 0 Å². The predicted octanol–water partition coefficient (Wildman–Crippen LogP) is 4.44. The lowest BCUT2D eigenvalue weighted by atomic mass is 10.3. The fourth-order valence-electron chi connectivity index (χ4n) is 1.93. The molecule has 0 aliphatic heterocycles. The molecule has 0 saturated carbocycles. The van der Waals surface area contributed by atoms with Crippen molar-refractivity contribution in [2.45, 2.75) is 11.8 Å². The highest BCUT2D eigenvalue weighted by Crippen LogP contribution is 2.19. The zero-order chi connectivity index (χ0) is 13.5. The molecule has 2 rings (SSSR count). The van der Waals surface area contributed by atoms with Crippen molar-refractivity contribution in [1.29, 1.82) is 0 Å². The van der Waals surface area contributed by atoms with Crippen LogP contribution < -0.4 is 4.90 Å². The normalized spacial score (nSPS) is 10.4. The van der Waals surface area contributed by atoms with E-state index in [1.807, 2.05) is 36.0 Å². The Morgan fingerprint density at radius 3 is 2.53 bits per heavy atom. The van der Waals surface area contributed by atoms with Gasteiger partial charge in [-0.2, -0.15) is 0 Å². The average molecular weight is 275 g/mol. The van der Waals surface area contributed by atoms with Gasteiger partial charge in [-0.25, -0.2) is 4.39 Å². The molecule has 0 atom stereocenters. The maximum absolute atomic E-state index is 13.2. The summed E-state index contributed by atoms with van der Waals surface area (Å²) in [4.78, 5) is 3.47. The van der Waals surface area contributed by atoms with Crippen LogP contribution in [0.2, 0.25) is 0 Å². The Kier molecular flexibility index (Phi) is 5.28. The summed E-state index contributed by atoms with van der Waals surface area (Å²) in [5.74, 6) is 0.820. The molecular formula is C16H18FNS. The number of rotatable bonds is 6. The Morgan fingerprint density at radius 1 is 1.05 bits per heavy atom. The second-order valence-electron chi connectivity index (χ2n) is 4.22. The number of anilines is 1. The molecule has 3 heteroatoms. The highest BCUT2D eigenvalue weighted by molar-refractivity contribution is 7.99. The van der Waals surface area contributed by atoms with Gasteiger partial charge in [0.1, 0.15) is 5.82 Å². The number of halogens is 1. The highest BCUT2D eigenvalue weighted by atomic mass is 32.2. The average Bonchev–Trinajstić information content (AvgIpc) is 2.45. The summed E-state index contributed by atoms with van der Waals surface area (Å²) in [6.45, 7) is 3.90. The Morgan fingerprint density at radius 2 is 1.84 bits per heavy atom. The number of benzene rings is 2. The van der Waals surface area contributed by atoms with Crippen LogP contribution in [0.25, 0.3) is 0 Å². The van der Waals surface area contributed by atoms with Gasteiger partial charge in [0.05, 0.1) is 0 Å². The first-order chi connectivity index (χ1) is 9.29. The van der Waals surface area contributed by atoms with Gasteiger partial charge < -0.3 is 4.90 Å². The smallest absolute Gasteiger partial charge is 0.125 e. The summed E-state index contributed by atoms with van der Waals surface area (Å²) in [7, 11) is 0. The van der Waals surface area contributed by atoms with Crippen LogP contribution in [-0.2, 0) is 0 Å². The lowest BCUT2D eigenvalue weighted by Crippen LogP contribution is -2.25. The topological polar surface area (TPSA) is 3.24 Å². The standard InChI is InChI=1S/C16H18FNS/c1-2-18(15-8-6-7-14(17)13-15)11-12-19-16-9-4-3-5-10-16/h3-10,13H,2,11-12H2,1H3. The molecular weight excluding hydrogens is 257 g/mol. The van der Waals surface area contributed by atoms with Crippen molar-refractivity contribution in [1.82, 2.24) is 0 Å². The van der Waals surface area contributed by atoms with Gasteiger partial charge in [0.2, 0.25) is 0 Å². The minimum Gasteiger partial charge on any atom is -0.371 e. The summed E-state index contributed by atoms with van der Waals surface area (Å²) in [5.41, 5.74) is 0.955. The fourth-order valence-corrected chi connectivity index (χ4v) is 2.83. The van der Waals surface area contributed by atoms with Gasteiger partial charge in [0, 0.05) is 29.4 Å². The molecule has 0 spiro atoms. The minimum absolute atomic E-state index is 0.174. The van der Waals surface area contributed by atoms with Crippen LogP contribution in [0.3, 0.4) is 0 Å². The molecule has 2 aromatic rings. The SMILES string of the molecule is CCN(CCSc1ccccc1)c1cccc(F)c1. The van der Waals surface area contributed by atoms with Crippen LogP contribution in [0.1, 0.15) is 6.92 Å². The monoisotopic (exact) mass is 275 g/mol. The van der Waals surface area contributed by atoms with E-state index in [1.165, 1.54) is 11.0 Å². The van der Waals surface area contributed by atoms with Crippen LogP contribution >= 0.6 is 11.8 Å². The molecule has 1 nitrogen and oxygen atoms in total. The van der Waals surface area contributed by atoms with Crippen LogP contribution in [0.15, 0.2) is 59.5 Å². The van der Waals surface area contributed by atoms with Crippen molar-refractivity contribution in [2.24, 2.45) is 0 Å². The van der Waals surface area contributed by atoms with E-state index in [2.05, 4.69) is 24.0 Å². The van der Waals surface area contributed by atoms with E-state index in [1.54, 1.807) is 12.1 Å². The molecule has 2 aromatic carbocycles. The molecule has 0 aliphatic carbocycles. The minimum atomic E-state index is -0.174. The van der Waals surface area contributed by atoms with E-state index >= 15 is 0 Å². The predicted molar refractivity (Wildman–Crippen MR) is 81.5 cm³/mol. The molecule has 0 saturated heterocycles. The quantitative estimate of drug-likeness (QED) is 0.717. The van der Waals surface area contributed by atoms with Gasteiger partial charge in [-0.05, 0) is 37.3 Å². The number of thioether (sulfide) groups is 1. The van der Waals surface area contributed by atoms with Crippen molar-refractivity contribution < 1.29 is 4.39 Å². The molecule has 0 bridgehead atoms. The van der Waals surface area contributed by atoms with Gasteiger partial charge in [0.15, 0.2) is 0 Å². The van der Waals surface area contributed by atoms with Gasteiger partial charge in [-0.3, -0.25) is 0 Å². The molecule has 100 valence electrons. The molecule has 0 unspecified atom stereocenters. The molecule has 0 fully saturated rings. The van der Waals surface area contributed by atoms with Crippen LogP contribution in [-0.4, -0.2) is 18.8 Å². The van der Waals surface area contributed by atoms with E-state index in [0.717, 1.165) is 24.5 Å². The molecule has 0 amide bonds. The Bertz CT molecular complexity index is 501.